The Hall–Kier alpha value is -1.71. The Morgan fingerprint density at radius 1 is 1.40 bits per heavy atom. The third kappa shape index (κ3) is 3.06. The molecule has 0 aliphatic rings. The molecule has 10 heteroatoms. The maximum atomic E-state index is 12.5. The minimum Gasteiger partial charge on any atom is -0.368 e. The van der Waals surface area contributed by atoms with E-state index in [4.69, 9.17) is 17.3 Å². The SMILES string of the molecule is NC(=O)CN(c1nccs1)S(=O)(=O)c1ccc(Cl)nc1. The molecule has 2 rings (SSSR count). The Bertz CT molecular complexity index is 701. The summed E-state index contributed by atoms with van der Waals surface area (Å²) in [6.45, 7) is -0.502. The summed E-state index contributed by atoms with van der Waals surface area (Å²) in [5, 5.41) is 1.91. The van der Waals surface area contributed by atoms with E-state index in [2.05, 4.69) is 9.97 Å². The Morgan fingerprint density at radius 3 is 2.65 bits per heavy atom. The predicted molar refractivity (Wildman–Crippen MR) is 75.1 cm³/mol. The number of carbonyl (C=O) groups is 1. The van der Waals surface area contributed by atoms with Crippen molar-refractivity contribution in [2.45, 2.75) is 4.90 Å². The monoisotopic (exact) mass is 332 g/mol. The van der Waals surface area contributed by atoms with Crippen molar-refractivity contribution >= 4 is 44.0 Å². The van der Waals surface area contributed by atoms with Crippen molar-refractivity contribution in [2.75, 3.05) is 10.8 Å². The Balaban J connectivity index is 2.46. The average molecular weight is 333 g/mol. The summed E-state index contributed by atoms with van der Waals surface area (Å²) in [4.78, 5) is 18.6. The van der Waals surface area contributed by atoms with Gasteiger partial charge in [0, 0.05) is 17.8 Å². The molecule has 0 atom stereocenters. The predicted octanol–water partition coefficient (Wildman–Crippen LogP) is 0.872. The van der Waals surface area contributed by atoms with Gasteiger partial charge in [0.15, 0.2) is 5.13 Å². The van der Waals surface area contributed by atoms with Crippen molar-refractivity contribution in [3.05, 3.63) is 35.1 Å². The second-order valence-corrected chi connectivity index (χ2v) is 6.73. The number of sulfonamides is 1. The number of pyridine rings is 1. The second kappa shape index (κ2) is 5.73. The number of nitrogens with two attached hydrogens (primary N) is 1. The number of carbonyl (C=O) groups excluding carboxylic acids is 1. The number of hydrogen-bond donors (Lipinski definition) is 1. The third-order valence-electron chi connectivity index (χ3n) is 2.22. The molecule has 2 N–H and O–H groups in total. The van der Waals surface area contributed by atoms with Gasteiger partial charge in [0.2, 0.25) is 5.91 Å². The molecular formula is C10H9ClN4O3S2. The standard InChI is InChI=1S/C10H9ClN4O3S2/c11-8-2-1-7(5-14-8)20(17,18)15(6-9(12)16)10-13-3-4-19-10/h1-5H,6H2,(H2,12,16). The first-order chi connectivity index (χ1) is 9.41. The van der Waals surface area contributed by atoms with Crippen molar-refractivity contribution in [3.8, 4) is 0 Å². The van der Waals surface area contributed by atoms with E-state index >= 15 is 0 Å². The van der Waals surface area contributed by atoms with Crippen LogP contribution >= 0.6 is 22.9 Å². The Morgan fingerprint density at radius 2 is 2.15 bits per heavy atom. The second-order valence-electron chi connectivity index (χ2n) is 3.61. The number of rotatable bonds is 5. The normalized spacial score (nSPS) is 11.2. The molecule has 0 spiro atoms. The van der Waals surface area contributed by atoms with Crippen LogP contribution < -0.4 is 10.0 Å². The van der Waals surface area contributed by atoms with E-state index in [0.29, 0.717) is 0 Å². The third-order valence-corrected chi connectivity index (χ3v) is 5.07. The minimum atomic E-state index is -3.98. The number of nitrogens with zero attached hydrogens (tertiary/aromatic N) is 3. The number of primary amides is 1. The van der Waals surface area contributed by atoms with Gasteiger partial charge in [0.05, 0.1) is 0 Å². The highest BCUT2D eigenvalue weighted by molar-refractivity contribution is 7.93. The smallest absolute Gasteiger partial charge is 0.268 e. The highest BCUT2D eigenvalue weighted by Crippen LogP contribution is 2.25. The lowest BCUT2D eigenvalue weighted by Crippen LogP contribution is -2.38. The summed E-state index contributed by atoms with van der Waals surface area (Å²) >= 11 is 6.70. The van der Waals surface area contributed by atoms with Crippen LogP contribution in [0.25, 0.3) is 0 Å². The van der Waals surface area contributed by atoms with E-state index in [1.54, 1.807) is 5.38 Å². The fourth-order valence-electron chi connectivity index (χ4n) is 1.38. The van der Waals surface area contributed by atoms with Gasteiger partial charge >= 0.3 is 0 Å². The summed E-state index contributed by atoms with van der Waals surface area (Å²) in [5.41, 5.74) is 5.09. The zero-order valence-corrected chi connectivity index (χ0v) is 12.3. The molecule has 0 saturated carbocycles. The molecule has 106 valence electrons. The summed E-state index contributed by atoms with van der Waals surface area (Å²) in [7, 11) is -3.98. The van der Waals surface area contributed by atoms with Crippen LogP contribution in [-0.4, -0.2) is 30.8 Å². The topological polar surface area (TPSA) is 106 Å². The van der Waals surface area contributed by atoms with Gasteiger partial charge in [-0.05, 0) is 12.1 Å². The summed E-state index contributed by atoms with van der Waals surface area (Å²) < 4.78 is 25.8. The molecule has 0 unspecified atom stereocenters. The molecule has 0 saturated heterocycles. The molecule has 20 heavy (non-hydrogen) atoms. The first-order valence-corrected chi connectivity index (χ1v) is 7.93. The fraction of sp³-hybridized carbons (Fsp3) is 0.100. The lowest BCUT2D eigenvalue weighted by molar-refractivity contribution is -0.116. The maximum absolute atomic E-state index is 12.5. The summed E-state index contributed by atoms with van der Waals surface area (Å²) in [6, 6.07) is 2.64. The minimum absolute atomic E-state index is 0.0987. The van der Waals surface area contributed by atoms with Gasteiger partial charge < -0.3 is 5.73 Å². The first-order valence-electron chi connectivity index (χ1n) is 5.23. The Kier molecular flexibility index (Phi) is 4.21. The van der Waals surface area contributed by atoms with Crippen molar-refractivity contribution in [3.63, 3.8) is 0 Å². The largest absolute Gasteiger partial charge is 0.368 e. The maximum Gasteiger partial charge on any atom is 0.268 e. The molecule has 2 aromatic rings. The average Bonchev–Trinajstić information content (AvgIpc) is 2.89. The van der Waals surface area contributed by atoms with E-state index < -0.39 is 22.5 Å². The van der Waals surface area contributed by atoms with Gasteiger partial charge in [-0.1, -0.05) is 11.6 Å². The van der Waals surface area contributed by atoms with Crippen LogP contribution in [0.5, 0.6) is 0 Å². The zero-order valence-electron chi connectivity index (χ0n) is 9.93. The molecule has 2 aromatic heterocycles. The molecule has 0 aliphatic heterocycles. The van der Waals surface area contributed by atoms with Crippen molar-refractivity contribution in [2.24, 2.45) is 5.73 Å². The molecule has 0 aromatic carbocycles. The van der Waals surface area contributed by atoms with Gasteiger partial charge in [-0.15, -0.1) is 11.3 Å². The molecule has 0 fully saturated rings. The lowest BCUT2D eigenvalue weighted by atomic mass is 10.5. The van der Waals surface area contributed by atoms with Crippen LogP contribution in [0, 0.1) is 0 Å². The fourth-order valence-corrected chi connectivity index (χ4v) is 3.69. The summed E-state index contributed by atoms with van der Waals surface area (Å²) in [6.07, 6.45) is 2.54. The van der Waals surface area contributed by atoms with Crippen LogP contribution in [0.15, 0.2) is 34.8 Å². The van der Waals surface area contributed by atoms with Crippen LogP contribution in [-0.2, 0) is 14.8 Å². The number of hydrogen-bond acceptors (Lipinski definition) is 6. The van der Waals surface area contributed by atoms with Crippen molar-refractivity contribution < 1.29 is 13.2 Å². The quantitative estimate of drug-likeness (QED) is 0.818. The molecule has 0 bridgehead atoms. The van der Waals surface area contributed by atoms with E-state index in [0.717, 1.165) is 21.8 Å². The van der Waals surface area contributed by atoms with Crippen LogP contribution in [0.3, 0.4) is 0 Å². The molecular weight excluding hydrogens is 324 g/mol. The Labute approximate surface area is 124 Å². The number of amides is 1. The van der Waals surface area contributed by atoms with E-state index in [-0.39, 0.29) is 15.2 Å². The highest BCUT2D eigenvalue weighted by atomic mass is 35.5. The number of thiazole rings is 1. The van der Waals surface area contributed by atoms with Crippen LogP contribution in [0.2, 0.25) is 5.15 Å². The molecule has 2 heterocycles. The van der Waals surface area contributed by atoms with E-state index in [1.807, 2.05) is 0 Å². The van der Waals surface area contributed by atoms with Gasteiger partial charge in [0.1, 0.15) is 16.6 Å². The lowest BCUT2D eigenvalue weighted by Gasteiger charge is -2.19. The molecule has 1 amide bonds. The molecule has 0 radical (unpaired) electrons. The van der Waals surface area contributed by atoms with Crippen LogP contribution in [0.1, 0.15) is 0 Å². The van der Waals surface area contributed by atoms with Gasteiger partial charge in [-0.25, -0.2) is 22.7 Å². The van der Waals surface area contributed by atoms with Crippen LogP contribution in [0.4, 0.5) is 5.13 Å². The van der Waals surface area contributed by atoms with Crippen molar-refractivity contribution in [1.29, 1.82) is 0 Å². The van der Waals surface area contributed by atoms with Gasteiger partial charge in [-0.3, -0.25) is 4.79 Å². The highest BCUT2D eigenvalue weighted by Gasteiger charge is 2.28. The number of anilines is 1. The van der Waals surface area contributed by atoms with E-state index in [1.165, 1.54) is 18.3 Å². The molecule has 7 nitrogen and oxygen atoms in total. The number of halogens is 1. The molecule has 0 aliphatic carbocycles. The zero-order chi connectivity index (χ0) is 14.8. The summed E-state index contributed by atoms with van der Waals surface area (Å²) in [5.74, 6) is -0.786. The van der Waals surface area contributed by atoms with Gasteiger partial charge in [-0.2, -0.15) is 0 Å². The van der Waals surface area contributed by atoms with Gasteiger partial charge in [0.25, 0.3) is 10.0 Å². The first kappa shape index (κ1) is 14.7. The number of aromatic nitrogens is 2. The van der Waals surface area contributed by atoms with E-state index in [9.17, 15) is 13.2 Å². The van der Waals surface area contributed by atoms with Crippen molar-refractivity contribution in [1.82, 2.24) is 9.97 Å².